The average Bonchev–Trinajstić information content (AvgIpc) is 2.93. The van der Waals surface area contributed by atoms with Crippen molar-refractivity contribution in [2.24, 2.45) is 17.8 Å². The Morgan fingerprint density at radius 2 is 2.00 bits per heavy atom. The van der Waals surface area contributed by atoms with E-state index >= 15 is 0 Å². The molecule has 0 saturated carbocycles. The largest absolute Gasteiger partial charge is 0.384 e. The molecule has 3 aliphatic rings. The van der Waals surface area contributed by atoms with Crippen LogP contribution in [0.5, 0.6) is 0 Å². The minimum absolute atomic E-state index is 0.0535. The van der Waals surface area contributed by atoms with Crippen LogP contribution < -0.4 is 11.1 Å². The van der Waals surface area contributed by atoms with Crippen LogP contribution in [0.3, 0.4) is 0 Å². The molecule has 0 aliphatic carbocycles. The van der Waals surface area contributed by atoms with Crippen LogP contribution in [-0.4, -0.2) is 83.4 Å². The van der Waals surface area contributed by atoms with Crippen LogP contribution in [0.4, 0.5) is 5.82 Å². The highest BCUT2D eigenvalue weighted by molar-refractivity contribution is 5.98. The average molecular weight is 492 g/mol. The van der Waals surface area contributed by atoms with Gasteiger partial charge in [0, 0.05) is 62.4 Å². The Morgan fingerprint density at radius 3 is 2.72 bits per heavy atom. The van der Waals surface area contributed by atoms with Crippen molar-refractivity contribution in [1.82, 2.24) is 25.1 Å². The van der Waals surface area contributed by atoms with Crippen molar-refractivity contribution >= 4 is 17.4 Å². The van der Waals surface area contributed by atoms with E-state index in [9.17, 15) is 4.79 Å². The molecule has 192 valence electrons. The summed E-state index contributed by atoms with van der Waals surface area (Å²) in [6, 6.07) is 9.79. The van der Waals surface area contributed by atoms with E-state index in [1.165, 1.54) is 0 Å². The van der Waals surface area contributed by atoms with Gasteiger partial charge in [-0.25, -0.2) is 4.98 Å². The fourth-order valence-corrected chi connectivity index (χ4v) is 5.97. The molecule has 3 unspecified atom stereocenters. The number of nitrogens with two attached hydrogens (primary N) is 1. The van der Waals surface area contributed by atoms with Gasteiger partial charge in [-0.1, -0.05) is 6.07 Å². The van der Waals surface area contributed by atoms with Crippen LogP contribution in [0.2, 0.25) is 0 Å². The van der Waals surface area contributed by atoms with Gasteiger partial charge in [0.25, 0.3) is 0 Å². The van der Waals surface area contributed by atoms with Crippen molar-refractivity contribution in [3.63, 3.8) is 0 Å². The summed E-state index contributed by atoms with van der Waals surface area (Å²) in [5.41, 5.74) is 8.29. The highest BCUT2D eigenvalue weighted by Gasteiger charge is 2.41. The molecule has 5 heterocycles. The minimum atomic E-state index is 0.0535. The first-order valence-electron chi connectivity index (χ1n) is 13.1. The molecule has 0 bridgehead atoms. The van der Waals surface area contributed by atoms with Crippen molar-refractivity contribution in [2.75, 3.05) is 51.7 Å². The molecule has 36 heavy (non-hydrogen) atoms. The molecule has 0 aromatic carbocycles. The van der Waals surface area contributed by atoms with Gasteiger partial charge >= 0.3 is 0 Å². The van der Waals surface area contributed by atoms with Gasteiger partial charge in [-0.3, -0.25) is 14.7 Å². The van der Waals surface area contributed by atoms with E-state index in [0.717, 1.165) is 56.7 Å². The number of hydrogen-bond acceptors (Lipinski definition) is 8. The van der Waals surface area contributed by atoms with Crippen LogP contribution in [0, 0.1) is 23.2 Å². The van der Waals surface area contributed by atoms with Crippen LogP contribution in [0.25, 0.3) is 0 Å². The molecule has 3 fully saturated rings. The lowest BCUT2D eigenvalue weighted by atomic mass is 9.76. The summed E-state index contributed by atoms with van der Waals surface area (Å²) in [5, 5.41) is 12.5. The van der Waals surface area contributed by atoms with Gasteiger partial charge < -0.3 is 26.1 Å². The molecule has 2 aromatic heterocycles. The van der Waals surface area contributed by atoms with Gasteiger partial charge in [-0.05, 0) is 62.2 Å². The number of nitrogens with one attached hydrogen (secondary N) is 2. The molecule has 4 N–H and O–H groups in total. The molecule has 0 radical (unpaired) electrons. The highest BCUT2D eigenvalue weighted by Crippen LogP contribution is 2.32. The molecule has 3 saturated heterocycles. The van der Waals surface area contributed by atoms with E-state index in [4.69, 9.17) is 15.9 Å². The lowest BCUT2D eigenvalue weighted by Gasteiger charge is -2.45. The second kappa shape index (κ2) is 11.5. The number of morpholine rings is 1. The van der Waals surface area contributed by atoms with E-state index in [0.29, 0.717) is 37.8 Å². The number of anilines is 1. The fraction of sp³-hybridized carbons (Fsp3) is 0.556. The Hall–Kier alpha value is -2.88. The third-order valence-corrected chi connectivity index (χ3v) is 7.94. The van der Waals surface area contributed by atoms with Crippen molar-refractivity contribution < 1.29 is 9.53 Å². The van der Waals surface area contributed by atoms with Crippen LogP contribution in [-0.2, 0) is 16.1 Å². The Kier molecular flexibility index (Phi) is 7.89. The van der Waals surface area contributed by atoms with Crippen molar-refractivity contribution in [3.05, 3.63) is 54.0 Å². The number of piperidine rings is 2. The van der Waals surface area contributed by atoms with E-state index in [-0.39, 0.29) is 29.7 Å². The molecule has 9 nitrogen and oxygen atoms in total. The second-order valence-electron chi connectivity index (χ2n) is 10.2. The van der Waals surface area contributed by atoms with Gasteiger partial charge in [0.05, 0.1) is 24.6 Å². The maximum atomic E-state index is 13.6. The van der Waals surface area contributed by atoms with Crippen LogP contribution in [0.15, 0.2) is 42.7 Å². The Balaban J connectivity index is 1.21. The molecule has 2 aromatic rings. The van der Waals surface area contributed by atoms with Gasteiger partial charge in [-0.15, -0.1) is 0 Å². The summed E-state index contributed by atoms with van der Waals surface area (Å²) in [5.74, 6) is 1.07. The van der Waals surface area contributed by atoms with Crippen molar-refractivity contribution in [2.45, 2.75) is 31.8 Å². The fourth-order valence-electron chi connectivity index (χ4n) is 5.97. The van der Waals surface area contributed by atoms with E-state index in [1.54, 1.807) is 12.4 Å². The van der Waals surface area contributed by atoms with E-state index in [2.05, 4.69) is 25.1 Å². The zero-order chi connectivity index (χ0) is 24.9. The number of nitrogens with zero attached hydrogens (tertiary/aromatic N) is 4. The number of rotatable bonds is 6. The zero-order valence-corrected chi connectivity index (χ0v) is 20.8. The lowest BCUT2D eigenvalue weighted by molar-refractivity contribution is -0.140. The molecular weight excluding hydrogens is 454 g/mol. The predicted molar refractivity (Wildman–Crippen MR) is 139 cm³/mol. The van der Waals surface area contributed by atoms with E-state index in [1.807, 2.05) is 30.3 Å². The van der Waals surface area contributed by atoms with Gasteiger partial charge in [0.1, 0.15) is 5.82 Å². The number of amides is 1. The summed E-state index contributed by atoms with van der Waals surface area (Å²) < 4.78 is 5.78. The standard InChI is InChI=1S/C27H37N7O2/c28-25-15-19(4-9-32-25)16-33-11-5-20(6-12-33)27(35)34-13-7-21(26(29)23-3-1-2-8-30-23)22(17-34)24-18-36-14-10-31-24/h1-4,8-9,15,20-22,24,29,31H,5-7,10-14,16-18H2,(H2,28,32). The first kappa shape index (κ1) is 24.8. The predicted octanol–water partition coefficient (Wildman–Crippen LogP) is 1.79. The highest BCUT2D eigenvalue weighted by atomic mass is 16.5. The molecule has 1 amide bonds. The normalized spacial score (nSPS) is 26.0. The summed E-state index contributed by atoms with van der Waals surface area (Å²) in [4.78, 5) is 26.6. The summed E-state index contributed by atoms with van der Waals surface area (Å²) in [7, 11) is 0. The van der Waals surface area contributed by atoms with Crippen LogP contribution in [0.1, 0.15) is 30.5 Å². The number of carbonyl (C=O) groups excluding carboxylic acids is 1. The number of likely N-dealkylation sites (tertiary alicyclic amines) is 2. The van der Waals surface area contributed by atoms with Gasteiger partial charge in [-0.2, -0.15) is 0 Å². The molecule has 9 heteroatoms. The maximum absolute atomic E-state index is 13.6. The molecule has 3 aliphatic heterocycles. The number of aromatic nitrogens is 2. The van der Waals surface area contributed by atoms with Gasteiger partial charge in [0.2, 0.25) is 5.91 Å². The molecule has 0 spiro atoms. The van der Waals surface area contributed by atoms with Gasteiger partial charge in [0.15, 0.2) is 0 Å². The lowest BCUT2D eigenvalue weighted by Crippen LogP contribution is -2.57. The maximum Gasteiger partial charge on any atom is 0.225 e. The van der Waals surface area contributed by atoms with Crippen LogP contribution >= 0.6 is 0 Å². The Morgan fingerprint density at radius 1 is 1.14 bits per heavy atom. The quantitative estimate of drug-likeness (QED) is 0.527. The smallest absolute Gasteiger partial charge is 0.225 e. The topological polar surface area (TPSA) is 120 Å². The van der Waals surface area contributed by atoms with Crippen molar-refractivity contribution in [1.29, 1.82) is 5.41 Å². The number of pyridine rings is 2. The first-order valence-corrected chi connectivity index (χ1v) is 13.1. The van der Waals surface area contributed by atoms with Crippen molar-refractivity contribution in [3.8, 4) is 0 Å². The molecule has 3 atom stereocenters. The second-order valence-corrected chi connectivity index (χ2v) is 10.2. The minimum Gasteiger partial charge on any atom is -0.384 e. The number of nitrogen functional groups attached to an aromatic ring is 1. The van der Waals surface area contributed by atoms with E-state index < -0.39 is 0 Å². The Bertz CT molecular complexity index is 1040. The third-order valence-electron chi connectivity index (χ3n) is 7.94. The zero-order valence-electron chi connectivity index (χ0n) is 20.8. The SMILES string of the molecule is N=C(c1ccccn1)C1CCN(C(=O)C2CCN(Cc3ccnc(N)c3)CC2)CC1C1COCCN1. The third kappa shape index (κ3) is 5.74. The summed E-state index contributed by atoms with van der Waals surface area (Å²) >= 11 is 0. The molecular formula is C27H37N7O2. The monoisotopic (exact) mass is 491 g/mol. The summed E-state index contributed by atoms with van der Waals surface area (Å²) in [6.07, 6.45) is 6.03. The Labute approximate surface area is 212 Å². The molecule has 5 rings (SSSR count). The number of carbonyl (C=O) groups is 1. The first-order chi connectivity index (χ1) is 17.6. The summed E-state index contributed by atoms with van der Waals surface area (Å²) in [6.45, 7) is 6.14. The number of ether oxygens (including phenoxy) is 1. The number of hydrogen-bond donors (Lipinski definition) is 3.